The molecule has 0 aliphatic carbocycles. The van der Waals surface area contributed by atoms with Crippen LogP contribution in [0.25, 0.3) is 0 Å². The predicted octanol–water partition coefficient (Wildman–Crippen LogP) is 2.65. The smallest absolute Gasteiger partial charge is 0.302 e. The highest BCUT2D eigenvalue weighted by molar-refractivity contribution is 5.89. The van der Waals surface area contributed by atoms with Crippen molar-refractivity contribution in [1.29, 1.82) is 0 Å². The number of allylic oxidation sites excluding steroid dienone is 2. The van der Waals surface area contributed by atoms with E-state index in [-0.39, 0.29) is 11.8 Å². The lowest BCUT2D eigenvalue weighted by Gasteiger charge is -1.99. The fourth-order valence-electron chi connectivity index (χ4n) is 1.12. The summed E-state index contributed by atoms with van der Waals surface area (Å²) in [6, 6.07) is 0. The van der Waals surface area contributed by atoms with E-state index in [0.717, 1.165) is 25.7 Å². The highest BCUT2D eigenvalue weighted by Gasteiger charge is 1.93. The highest BCUT2D eigenvalue weighted by Crippen LogP contribution is 1.99. The van der Waals surface area contributed by atoms with Gasteiger partial charge in [-0.05, 0) is 31.8 Å². The van der Waals surface area contributed by atoms with Crippen LogP contribution in [0.4, 0.5) is 0 Å². The van der Waals surface area contributed by atoms with E-state index in [1.165, 1.54) is 6.92 Å². The maximum Gasteiger partial charge on any atom is 0.302 e. The number of hydrogen-bond acceptors (Lipinski definition) is 3. The summed E-state index contributed by atoms with van der Waals surface area (Å²) in [6.07, 6.45) is 7.74. The molecule has 0 atom stereocenters. The number of esters is 1. The normalized spacial score (nSPS) is 10.5. The number of hydrogen-bond donors (Lipinski definition) is 0. The summed E-state index contributed by atoms with van der Waals surface area (Å²) in [7, 11) is 0. The lowest BCUT2D eigenvalue weighted by molar-refractivity contribution is -0.141. The van der Waals surface area contributed by atoms with Crippen LogP contribution in [0.1, 0.15) is 46.0 Å². The first-order valence-corrected chi connectivity index (χ1v) is 5.49. The molecular weight excluding hydrogens is 192 g/mol. The molecule has 0 spiro atoms. The standard InChI is InChI=1S/C12H20O3/c1-3-8-12(14)9-6-4-5-7-10-15-11(2)13/h6,9H,3-5,7-8,10H2,1-2H3/b9-6+. The second-order valence-electron chi connectivity index (χ2n) is 3.45. The van der Waals surface area contributed by atoms with Gasteiger partial charge < -0.3 is 4.74 Å². The Morgan fingerprint density at radius 2 is 2.00 bits per heavy atom. The van der Waals surface area contributed by atoms with Gasteiger partial charge in [0.25, 0.3) is 0 Å². The molecule has 0 rings (SSSR count). The Kier molecular flexibility index (Phi) is 8.73. The Hall–Kier alpha value is -1.12. The summed E-state index contributed by atoms with van der Waals surface area (Å²) >= 11 is 0. The van der Waals surface area contributed by atoms with Gasteiger partial charge in [-0.1, -0.05) is 13.0 Å². The summed E-state index contributed by atoms with van der Waals surface area (Å²) < 4.78 is 4.78. The zero-order valence-corrected chi connectivity index (χ0v) is 9.62. The SMILES string of the molecule is CCCC(=O)/C=C/CCCCOC(C)=O. The lowest BCUT2D eigenvalue weighted by Crippen LogP contribution is -1.99. The van der Waals surface area contributed by atoms with Crippen molar-refractivity contribution in [2.24, 2.45) is 0 Å². The van der Waals surface area contributed by atoms with Gasteiger partial charge in [0, 0.05) is 13.3 Å². The van der Waals surface area contributed by atoms with Crippen molar-refractivity contribution in [2.45, 2.75) is 46.0 Å². The van der Waals surface area contributed by atoms with Crippen LogP contribution < -0.4 is 0 Å². The van der Waals surface area contributed by atoms with Crippen molar-refractivity contribution in [3.63, 3.8) is 0 Å². The third-order valence-electron chi connectivity index (χ3n) is 1.87. The van der Waals surface area contributed by atoms with E-state index < -0.39 is 0 Å². The van der Waals surface area contributed by atoms with Gasteiger partial charge in [-0.2, -0.15) is 0 Å². The van der Waals surface area contributed by atoms with E-state index in [2.05, 4.69) is 0 Å². The number of carbonyl (C=O) groups is 2. The van der Waals surface area contributed by atoms with Crippen molar-refractivity contribution in [1.82, 2.24) is 0 Å². The van der Waals surface area contributed by atoms with Crippen LogP contribution in [-0.2, 0) is 14.3 Å². The van der Waals surface area contributed by atoms with Crippen LogP contribution in [0.3, 0.4) is 0 Å². The quantitative estimate of drug-likeness (QED) is 0.353. The molecule has 0 aromatic rings. The Morgan fingerprint density at radius 1 is 1.27 bits per heavy atom. The second-order valence-corrected chi connectivity index (χ2v) is 3.45. The van der Waals surface area contributed by atoms with Crippen LogP contribution in [-0.4, -0.2) is 18.4 Å². The fraction of sp³-hybridized carbons (Fsp3) is 0.667. The van der Waals surface area contributed by atoms with E-state index in [0.29, 0.717) is 13.0 Å². The molecule has 15 heavy (non-hydrogen) atoms. The molecule has 0 fully saturated rings. The third-order valence-corrected chi connectivity index (χ3v) is 1.87. The summed E-state index contributed by atoms with van der Waals surface area (Å²) in [5.41, 5.74) is 0. The van der Waals surface area contributed by atoms with Crippen LogP contribution in [0.2, 0.25) is 0 Å². The van der Waals surface area contributed by atoms with E-state index in [9.17, 15) is 9.59 Å². The van der Waals surface area contributed by atoms with Crippen molar-refractivity contribution in [3.05, 3.63) is 12.2 Å². The highest BCUT2D eigenvalue weighted by atomic mass is 16.5. The first-order chi connectivity index (χ1) is 7.16. The zero-order chi connectivity index (χ0) is 11.5. The van der Waals surface area contributed by atoms with E-state index >= 15 is 0 Å². The molecule has 0 unspecified atom stereocenters. The molecule has 0 N–H and O–H groups in total. The molecule has 3 heteroatoms. The summed E-state index contributed by atoms with van der Waals surface area (Å²) in [4.78, 5) is 21.5. The molecule has 0 saturated carbocycles. The molecule has 0 aliphatic rings. The maximum atomic E-state index is 11.1. The van der Waals surface area contributed by atoms with Crippen molar-refractivity contribution < 1.29 is 14.3 Å². The summed E-state index contributed by atoms with van der Waals surface area (Å²) in [5, 5.41) is 0. The van der Waals surface area contributed by atoms with Gasteiger partial charge in [0.15, 0.2) is 5.78 Å². The number of rotatable bonds is 8. The fourth-order valence-corrected chi connectivity index (χ4v) is 1.12. The van der Waals surface area contributed by atoms with Gasteiger partial charge in [-0.15, -0.1) is 0 Å². The van der Waals surface area contributed by atoms with Gasteiger partial charge in [-0.3, -0.25) is 9.59 Å². The second kappa shape index (κ2) is 9.44. The molecule has 0 aromatic heterocycles. The van der Waals surface area contributed by atoms with Gasteiger partial charge in [0.2, 0.25) is 0 Å². The molecule has 0 amide bonds. The minimum Gasteiger partial charge on any atom is -0.466 e. The largest absolute Gasteiger partial charge is 0.466 e. The van der Waals surface area contributed by atoms with Crippen molar-refractivity contribution in [2.75, 3.05) is 6.61 Å². The van der Waals surface area contributed by atoms with Crippen molar-refractivity contribution >= 4 is 11.8 Å². The Morgan fingerprint density at radius 3 is 2.60 bits per heavy atom. The minimum atomic E-state index is -0.233. The predicted molar refractivity (Wildman–Crippen MR) is 59.5 cm³/mol. The zero-order valence-electron chi connectivity index (χ0n) is 9.62. The summed E-state index contributed by atoms with van der Waals surface area (Å²) in [5.74, 6) is -0.0406. The first-order valence-electron chi connectivity index (χ1n) is 5.49. The number of unbranched alkanes of at least 4 members (excludes halogenated alkanes) is 2. The maximum absolute atomic E-state index is 11.1. The number of ketones is 1. The lowest BCUT2D eigenvalue weighted by atomic mass is 10.2. The van der Waals surface area contributed by atoms with Gasteiger partial charge in [-0.25, -0.2) is 0 Å². The number of carbonyl (C=O) groups excluding carboxylic acids is 2. The van der Waals surface area contributed by atoms with Crippen molar-refractivity contribution in [3.8, 4) is 0 Å². The molecule has 0 bridgehead atoms. The molecule has 0 aliphatic heterocycles. The third kappa shape index (κ3) is 10.8. The average molecular weight is 212 g/mol. The molecule has 3 nitrogen and oxygen atoms in total. The Labute approximate surface area is 91.5 Å². The minimum absolute atomic E-state index is 0.192. The monoisotopic (exact) mass is 212 g/mol. The molecule has 0 aromatic carbocycles. The van der Waals surface area contributed by atoms with Gasteiger partial charge >= 0.3 is 5.97 Å². The van der Waals surface area contributed by atoms with Crippen LogP contribution >= 0.6 is 0 Å². The van der Waals surface area contributed by atoms with Crippen LogP contribution in [0.5, 0.6) is 0 Å². The van der Waals surface area contributed by atoms with E-state index in [1.54, 1.807) is 6.08 Å². The van der Waals surface area contributed by atoms with Crippen LogP contribution in [0, 0.1) is 0 Å². The Bertz CT molecular complexity index is 219. The van der Waals surface area contributed by atoms with E-state index in [1.807, 2.05) is 13.0 Å². The first kappa shape index (κ1) is 13.9. The number of ether oxygens (including phenoxy) is 1. The van der Waals surface area contributed by atoms with E-state index in [4.69, 9.17) is 4.74 Å². The molecule has 0 radical (unpaired) electrons. The Balaban J connectivity index is 3.30. The average Bonchev–Trinajstić information content (AvgIpc) is 2.16. The molecular formula is C12H20O3. The molecule has 0 heterocycles. The van der Waals surface area contributed by atoms with Gasteiger partial charge in [0.05, 0.1) is 6.61 Å². The van der Waals surface area contributed by atoms with Crippen LogP contribution in [0.15, 0.2) is 12.2 Å². The van der Waals surface area contributed by atoms with Gasteiger partial charge in [0.1, 0.15) is 0 Å². The summed E-state index contributed by atoms with van der Waals surface area (Å²) in [6.45, 7) is 3.88. The topological polar surface area (TPSA) is 43.4 Å². The molecule has 0 saturated heterocycles. The molecule has 86 valence electrons.